The fourth-order valence-electron chi connectivity index (χ4n) is 3.12. The lowest BCUT2D eigenvalue weighted by atomic mass is 10.0. The molecule has 1 aromatic heterocycles. The molecule has 0 saturated carbocycles. The van der Waals surface area contributed by atoms with Crippen LogP contribution in [0.4, 0.5) is 19.0 Å². The number of benzene rings is 1. The Bertz CT molecular complexity index is 783. The Morgan fingerprint density at radius 3 is 2.65 bits per heavy atom. The third-order valence-corrected chi connectivity index (χ3v) is 4.50. The molecule has 26 heavy (non-hydrogen) atoms. The molecule has 1 aliphatic rings. The van der Waals surface area contributed by atoms with E-state index in [1.807, 2.05) is 7.05 Å². The molecule has 0 radical (unpaired) electrons. The lowest BCUT2D eigenvalue weighted by Crippen LogP contribution is -2.39. The van der Waals surface area contributed by atoms with Gasteiger partial charge in [-0.1, -0.05) is 11.6 Å². The maximum Gasteiger partial charge on any atom is 0.417 e. The number of phenols is 1. The zero-order valence-electron chi connectivity index (χ0n) is 14.0. The molecule has 2 N–H and O–H groups in total. The van der Waals surface area contributed by atoms with E-state index in [2.05, 4.69) is 20.4 Å². The number of phenolic OH excluding ortho intramolecular Hbond substituents is 1. The molecule has 9 heteroatoms. The van der Waals surface area contributed by atoms with E-state index < -0.39 is 23.1 Å². The van der Waals surface area contributed by atoms with Gasteiger partial charge >= 0.3 is 6.18 Å². The van der Waals surface area contributed by atoms with E-state index >= 15 is 0 Å². The van der Waals surface area contributed by atoms with Crippen molar-refractivity contribution in [3.05, 3.63) is 34.9 Å². The lowest BCUT2D eigenvalue weighted by molar-refractivity contribution is -0.137. The van der Waals surface area contributed by atoms with Crippen molar-refractivity contribution >= 4 is 17.4 Å². The number of rotatable bonds is 3. The second-order valence-electron chi connectivity index (χ2n) is 6.39. The normalized spacial score (nSPS) is 18.7. The first-order valence-corrected chi connectivity index (χ1v) is 8.50. The zero-order valence-corrected chi connectivity index (χ0v) is 14.8. The molecule has 0 spiro atoms. The van der Waals surface area contributed by atoms with Crippen molar-refractivity contribution in [2.75, 3.05) is 25.5 Å². The minimum absolute atomic E-state index is 0.0715. The number of aromatic nitrogens is 2. The summed E-state index contributed by atoms with van der Waals surface area (Å²) in [4.78, 5) is 2.20. The van der Waals surface area contributed by atoms with Crippen molar-refractivity contribution in [2.45, 2.75) is 25.1 Å². The maximum atomic E-state index is 13.3. The first kappa shape index (κ1) is 18.7. The Balaban J connectivity index is 1.87. The maximum absolute atomic E-state index is 13.3. The number of aromatic hydroxyl groups is 1. The molecule has 140 valence electrons. The molecule has 1 aliphatic heterocycles. The van der Waals surface area contributed by atoms with Gasteiger partial charge in [-0.15, -0.1) is 10.2 Å². The van der Waals surface area contributed by atoms with Gasteiger partial charge in [0.2, 0.25) is 0 Å². The topological polar surface area (TPSA) is 61.3 Å². The standard InChI is InChI=1S/C17H18ClF3N4O/c1-25-6-2-3-11(9-25)22-15-5-4-13(23-24-15)16-12(17(19,20)21)7-10(18)8-14(16)26/h4-5,7-8,11,26H,2-3,6,9H2,1H3,(H,22,24). The molecule has 3 rings (SSSR count). The number of nitrogens with zero attached hydrogens (tertiary/aromatic N) is 3. The highest BCUT2D eigenvalue weighted by Crippen LogP contribution is 2.42. The predicted molar refractivity (Wildman–Crippen MR) is 93.3 cm³/mol. The van der Waals surface area contributed by atoms with Crippen LogP contribution in [0.2, 0.25) is 5.02 Å². The molecule has 1 fully saturated rings. The second-order valence-corrected chi connectivity index (χ2v) is 6.83. The Morgan fingerprint density at radius 2 is 2.04 bits per heavy atom. The molecule has 0 aliphatic carbocycles. The summed E-state index contributed by atoms with van der Waals surface area (Å²) in [5.41, 5.74) is -1.55. The Hall–Kier alpha value is -2.06. The SMILES string of the molecule is CN1CCCC(Nc2ccc(-c3c(O)cc(Cl)cc3C(F)(F)F)nn2)C1. The average molecular weight is 387 g/mol. The first-order chi connectivity index (χ1) is 12.2. The average Bonchev–Trinajstić information content (AvgIpc) is 2.54. The van der Waals surface area contributed by atoms with Gasteiger partial charge in [-0.25, -0.2) is 0 Å². The highest BCUT2D eigenvalue weighted by Gasteiger charge is 2.36. The summed E-state index contributed by atoms with van der Waals surface area (Å²) in [6.45, 7) is 1.90. The summed E-state index contributed by atoms with van der Waals surface area (Å²) in [6.07, 6.45) is -2.62. The van der Waals surface area contributed by atoms with Gasteiger partial charge in [-0.2, -0.15) is 13.2 Å². The van der Waals surface area contributed by atoms with E-state index in [0.29, 0.717) is 5.82 Å². The van der Waals surface area contributed by atoms with Crippen LogP contribution in [0, 0.1) is 0 Å². The fourth-order valence-corrected chi connectivity index (χ4v) is 3.33. The molecule has 1 saturated heterocycles. The predicted octanol–water partition coefficient (Wildman–Crippen LogP) is 4.03. The summed E-state index contributed by atoms with van der Waals surface area (Å²) in [6, 6.07) is 4.99. The molecule has 5 nitrogen and oxygen atoms in total. The zero-order chi connectivity index (χ0) is 18.9. The smallest absolute Gasteiger partial charge is 0.417 e. The Morgan fingerprint density at radius 1 is 1.27 bits per heavy atom. The summed E-state index contributed by atoms with van der Waals surface area (Å²) in [5, 5.41) is 20.8. The van der Waals surface area contributed by atoms with Crippen molar-refractivity contribution in [3.63, 3.8) is 0 Å². The molecule has 0 amide bonds. The number of piperidine rings is 1. The minimum Gasteiger partial charge on any atom is -0.507 e. The minimum atomic E-state index is -4.68. The van der Waals surface area contributed by atoms with Gasteiger partial charge in [-0.3, -0.25) is 0 Å². The van der Waals surface area contributed by atoms with Crippen LogP contribution < -0.4 is 5.32 Å². The van der Waals surface area contributed by atoms with Crippen LogP contribution in [0.1, 0.15) is 18.4 Å². The molecule has 1 aromatic carbocycles. The van der Waals surface area contributed by atoms with E-state index in [4.69, 9.17) is 11.6 Å². The van der Waals surface area contributed by atoms with Gasteiger partial charge in [0.1, 0.15) is 11.6 Å². The van der Waals surface area contributed by atoms with E-state index in [-0.39, 0.29) is 16.8 Å². The summed E-state index contributed by atoms with van der Waals surface area (Å²) in [7, 11) is 2.03. The van der Waals surface area contributed by atoms with Crippen molar-refractivity contribution in [2.24, 2.45) is 0 Å². The monoisotopic (exact) mass is 386 g/mol. The van der Waals surface area contributed by atoms with Crippen LogP contribution >= 0.6 is 11.6 Å². The third-order valence-electron chi connectivity index (χ3n) is 4.28. The van der Waals surface area contributed by atoms with Gasteiger partial charge in [0.15, 0.2) is 0 Å². The lowest BCUT2D eigenvalue weighted by Gasteiger charge is -2.30. The van der Waals surface area contributed by atoms with Crippen LogP contribution in [-0.4, -0.2) is 46.4 Å². The highest BCUT2D eigenvalue weighted by molar-refractivity contribution is 6.31. The van der Waals surface area contributed by atoms with Crippen molar-refractivity contribution in [1.29, 1.82) is 0 Å². The van der Waals surface area contributed by atoms with Crippen molar-refractivity contribution in [3.8, 4) is 17.0 Å². The number of likely N-dealkylation sites (tertiary alicyclic amines) is 1. The van der Waals surface area contributed by atoms with Crippen LogP contribution in [0.5, 0.6) is 5.75 Å². The Kier molecular flexibility index (Phi) is 5.24. The van der Waals surface area contributed by atoms with Crippen LogP contribution in [0.25, 0.3) is 11.3 Å². The summed E-state index contributed by atoms with van der Waals surface area (Å²) < 4.78 is 39.9. The molecular formula is C17H18ClF3N4O. The molecule has 2 aromatic rings. The van der Waals surface area contributed by atoms with Crippen LogP contribution in [0.3, 0.4) is 0 Å². The number of halogens is 4. The summed E-state index contributed by atoms with van der Waals surface area (Å²) in [5.74, 6) is -0.107. The molecule has 0 bridgehead atoms. The van der Waals surface area contributed by atoms with E-state index in [0.717, 1.165) is 38.1 Å². The van der Waals surface area contributed by atoms with E-state index in [9.17, 15) is 18.3 Å². The van der Waals surface area contributed by atoms with Crippen LogP contribution in [-0.2, 0) is 6.18 Å². The van der Waals surface area contributed by atoms with Gasteiger partial charge in [-0.05, 0) is 50.7 Å². The number of hydrogen-bond acceptors (Lipinski definition) is 5. The number of hydrogen-bond donors (Lipinski definition) is 2. The first-order valence-electron chi connectivity index (χ1n) is 8.13. The summed E-state index contributed by atoms with van der Waals surface area (Å²) >= 11 is 5.65. The van der Waals surface area contributed by atoms with E-state index in [1.165, 1.54) is 6.07 Å². The fraction of sp³-hybridized carbons (Fsp3) is 0.412. The molecule has 1 unspecified atom stereocenters. The number of anilines is 1. The van der Waals surface area contributed by atoms with Gasteiger partial charge in [0, 0.05) is 17.6 Å². The highest BCUT2D eigenvalue weighted by atomic mass is 35.5. The molecular weight excluding hydrogens is 369 g/mol. The number of likely N-dealkylation sites (N-methyl/N-ethyl adjacent to an activating group) is 1. The number of alkyl halides is 3. The Labute approximate surface area is 153 Å². The quantitative estimate of drug-likeness (QED) is 0.834. The number of nitrogens with one attached hydrogen (secondary N) is 1. The molecule has 1 atom stereocenters. The van der Waals surface area contributed by atoms with Gasteiger partial charge < -0.3 is 15.3 Å². The van der Waals surface area contributed by atoms with Crippen molar-refractivity contribution < 1.29 is 18.3 Å². The molecule has 2 heterocycles. The van der Waals surface area contributed by atoms with Crippen molar-refractivity contribution in [1.82, 2.24) is 15.1 Å². The van der Waals surface area contributed by atoms with Gasteiger partial charge in [0.05, 0.1) is 16.8 Å². The van der Waals surface area contributed by atoms with Crippen LogP contribution in [0.15, 0.2) is 24.3 Å². The second kappa shape index (κ2) is 7.28. The van der Waals surface area contributed by atoms with Gasteiger partial charge in [0.25, 0.3) is 0 Å². The largest absolute Gasteiger partial charge is 0.507 e. The van der Waals surface area contributed by atoms with E-state index in [1.54, 1.807) is 6.07 Å². The third kappa shape index (κ3) is 4.19.